The molecule has 1 aromatic carbocycles. The predicted molar refractivity (Wildman–Crippen MR) is 115 cm³/mol. The van der Waals surface area contributed by atoms with Gasteiger partial charge in [0.1, 0.15) is 29.7 Å². The smallest absolute Gasteiger partial charge is 0.408 e. The molecule has 0 saturated heterocycles. The summed E-state index contributed by atoms with van der Waals surface area (Å²) in [4.78, 5) is 36.7. The van der Waals surface area contributed by atoms with E-state index >= 15 is 0 Å². The van der Waals surface area contributed by atoms with Crippen LogP contribution in [0.25, 0.3) is 0 Å². The van der Waals surface area contributed by atoms with Crippen LogP contribution in [0.3, 0.4) is 0 Å². The molecule has 0 aliphatic carbocycles. The zero-order valence-corrected chi connectivity index (χ0v) is 19.4. The molecule has 0 bridgehead atoms. The van der Waals surface area contributed by atoms with E-state index in [0.29, 0.717) is 23.5 Å². The molecular weight excluding hydrogens is 404 g/mol. The van der Waals surface area contributed by atoms with Gasteiger partial charge >= 0.3 is 12.1 Å². The lowest BCUT2D eigenvalue weighted by molar-refractivity contribution is -0.143. The molecule has 0 heterocycles. The normalized spacial score (nSPS) is 12.9. The number of esters is 1. The van der Waals surface area contributed by atoms with Crippen LogP contribution in [0.5, 0.6) is 11.5 Å². The molecule has 2 N–H and O–H groups in total. The van der Waals surface area contributed by atoms with Gasteiger partial charge in [0.2, 0.25) is 5.91 Å². The molecular formula is C22H34N2O7. The SMILES string of the molecule is CCOC(=O)CNC(=O)[C@@H](NC(=O)OC(C)(C)c1cc(OC)cc(OC)c1)[C@@H](C)CC. The minimum atomic E-state index is -1.03. The van der Waals surface area contributed by atoms with Crippen molar-refractivity contribution in [2.75, 3.05) is 27.4 Å². The van der Waals surface area contributed by atoms with Gasteiger partial charge in [-0.25, -0.2) is 4.79 Å². The summed E-state index contributed by atoms with van der Waals surface area (Å²) < 4.78 is 21.0. The molecule has 0 aliphatic rings. The second kappa shape index (κ2) is 12.0. The highest BCUT2D eigenvalue weighted by Gasteiger charge is 2.31. The fourth-order valence-electron chi connectivity index (χ4n) is 2.79. The van der Waals surface area contributed by atoms with Crippen LogP contribution in [0.15, 0.2) is 18.2 Å². The summed E-state index contributed by atoms with van der Waals surface area (Å²) in [5, 5.41) is 5.11. The van der Waals surface area contributed by atoms with E-state index in [9.17, 15) is 14.4 Å². The fraction of sp³-hybridized carbons (Fsp3) is 0.591. The van der Waals surface area contributed by atoms with Gasteiger partial charge in [0.25, 0.3) is 0 Å². The van der Waals surface area contributed by atoms with Crippen molar-refractivity contribution in [3.05, 3.63) is 23.8 Å². The van der Waals surface area contributed by atoms with Crippen LogP contribution in [-0.4, -0.2) is 51.4 Å². The van der Waals surface area contributed by atoms with Crippen molar-refractivity contribution in [2.24, 2.45) is 5.92 Å². The highest BCUT2D eigenvalue weighted by molar-refractivity contribution is 5.88. The summed E-state index contributed by atoms with van der Waals surface area (Å²) in [6, 6.07) is 4.33. The molecule has 1 aromatic rings. The van der Waals surface area contributed by atoms with Crippen molar-refractivity contribution in [3.8, 4) is 11.5 Å². The number of ether oxygens (including phenoxy) is 4. The number of carbonyl (C=O) groups excluding carboxylic acids is 3. The van der Waals surface area contributed by atoms with Gasteiger partial charge in [0, 0.05) is 11.6 Å². The molecule has 0 saturated carbocycles. The van der Waals surface area contributed by atoms with Gasteiger partial charge in [0.15, 0.2) is 0 Å². The minimum Gasteiger partial charge on any atom is -0.497 e. The zero-order valence-electron chi connectivity index (χ0n) is 19.4. The van der Waals surface area contributed by atoms with Crippen molar-refractivity contribution >= 4 is 18.0 Å². The average Bonchev–Trinajstić information content (AvgIpc) is 2.74. The molecule has 9 nitrogen and oxygen atoms in total. The molecule has 31 heavy (non-hydrogen) atoms. The lowest BCUT2D eigenvalue weighted by Crippen LogP contribution is -2.52. The Labute approximate surface area is 183 Å². The summed E-state index contributed by atoms with van der Waals surface area (Å²) in [6.45, 7) is 8.80. The maximum Gasteiger partial charge on any atom is 0.408 e. The first-order valence-corrected chi connectivity index (χ1v) is 10.2. The molecule has 1 rings (SSSR count). The maximum atomic E-state index is 12.6. The third-order valence-corrected chi connectivity index (χ3v) is 4.88. The molecule has 0 spiro atoms. The number of hydrogen-bond donors (Lipinski definition) is 2. The van der Waals surface area contributed by atoms with E-state index in [1.807, 2.05) is 13.8 Å². The Morgan fingerprint density at radius 2 is 1.61 bits per heavy atom. The Morgan fingerprint density at radius 1 is 1.03 bits per heavy atom. The predicted octanol–water partition coefficient (Wildman–Crippen LogP) is 2.76. The van der Waals surface area contributed by atoms with E-state index in [1.165, 1.54) is 14.2 Å². The van der Waals surface area contributed by atoms with Crippen molar-refractivity contribution in [1.29, 1.82) is 0 Å². The van der Waals surface area contributed by atoms with Gasteiger partial charge in [-0.05, 0) is 38.8 Å². The van der Waals surface area contributed by atoms with Gasteiger partial charge in [0.05, 0.1) is 20.8 Å². The third kappa shape index (κ3) is 7.99. The molecule has 0 radical (unpaired) electrons. The van der Waals surface area contributed by atoms with E-state index in [-0.39, 0.29) is 19.1 Å². The van der Waals surface area contributed by atoms with Gasteiger partial charge in [-0.2, -0.15) is 0 Å². The Morgan fingerprint density at radius 3 is 2.10 bits per heavy atom. The van der Waals surface area contributed by atoms with Gasteiger partial charge in [-0.1, -0.05) is 20.3 Å². The molecule has 174 valence electrons. The Bertz CT molecular complexity index is 742. The number of carbonyl (C=O) groups is 3. The van der Waals surface area contributed by atoms with Crippen molar-refractivity contribution in [1.82, 2.24) is 10.6 Å². The Balaban J connectivity index is 2.91. The quantitative estimate of drug-likeness (QED) is 0.511. The molecule has 9 heteroatoms. The summed E-state index contributed by atoms with van der Waals surface area (Å²) >= 11 is 0. The van der Waals surface area contributed by atoms with E-state index in [1.54, 1.807) is 39.0 Å². The van der Waals surface area contributed by atoms with E-state index in [0.717, 1.165) is 0 Å². The summed E-state index contributed by atoms with van der Waals surface area (Å²) in [6.07, 6.45) is -0.128. The van der Waals surface area contributed by atoms with E-state index in [4.69, 9.17) is 18.9 Å². The molecule has 2 atom stereocenters. The molecule has 0 aliphatic heterocycles. The number of methoxy groups -OCH3 is 2. The summed E-state index contributed by atoms with van der Waals surface area (Å²) in [5.74, 6) is -0.103. The minimum absolute atomic E-state index is 0.185. The Hall–Kier alpha value is -2.97. The van der Waals surface area contributed by atoms with Crippen LogP contribution in [0.1, 0.15) is 46.6 Å². The topological polar surface area (TPSA) is 112 Å². The van der Waals surface area contributed by atoms with Gasteiger partial charge < -0.3 is 29.6 Å². The van der Waals surface area contributed by atoms with Crippen LogP contribution in [0, 0.1) is 5.92 Å². The van der Waals surface area contributed by atoms with Gasteiger partial charge in [-0.3, -0.25) is 9.59 Å². The highest BCUT2D eigenvalue weighted by Crippen LogP contribution is 2.32. The lowest BCUT2D eigenvalue weighted by atomic mass is 9.97. The second-order valence-electron chi connectivity index (χ2n) is 7.53. The number of rotatable bonds is 11. The standard InChI is InChI=1S/C22H34N2O7/c1-8-14(3)19(20(26)23-13-18(25)30-9-2)24-21(27)31-22(4,5)15-10-16(28-6)12-17(11-15)29-7/h10-12,14,19H,8-9,13H2,1-7H3,(H,23,26)(H,24,27)/t14-,19-/m0/s1. The first-order valence-electron chi connectivity index (χ1n) is 10.2. The Kier molecular flexibility index (Phi) is 10.1. The number of hydrogen-bond acceptors (Lipinski definition) is 7. The van der Waals surface area contributed by atoms with Crippen LogP contribution in [0.2, 0.25) is 0 Å². The number of amides is 2. The van der Waals surface area contributed by atoms with E-state index in [2.05, 4.69) is 10.6 Å². The second-order valence-corrected chi connectivity index (χ2v) is 7.53. The van der Waals surface area contributed by atoms with Crippen LogP contribution >= 0.6 is 0 Å². The lowest BCUT2D eigenvalue weighted by Gasteiger charge is -2.29. The van der Waals surface area contributed by atoms with Crippen LogP contribution in [0.4, 0.5) is 4.79 Å². The summed E-state index contributed by atoms with van der Waals surface area (Å²) in [5.41, 5.74) is -0.376. The largest absolute Gasteiger partial charge is 0.497 e. The van der Waals surface area contributed by atoms with E-state index < -0.39 is 29.6 Å². The fourth-order valence-corrected chi connectivity index (χ4v) is 2.79. The molecule has 0 fully saturated rings. The van der Waals surface area contributed by atoms with Crippen molar-refractivity contribution in [2.45, 2.75) is 52.7 Å². The monoisotopic (exact) mass is 438 g/mol. The average molecular weight is 439 g/mol. The molecule has 2 amide bonds. The van der Waals surface area contributed by atoms with Crippen molar-refractivity contribution < 1.29 is 33.3 Å². The number of nitrogens with one attached hydrogen (secondary N) is 2. The molecule has 0 aromatic heterocycles. The third-order valence-electron chi connectivity index (χ3n) is 4.88. The maximum absolute atomic E-state index is 12.6. The zero-order chi connectivity index (χ0) is 23.6. The summed E-state index contributed by atoms with van der Waals surface area (Å²) in [7, 11) is 3.06. The van der Waals surface area contributed by atoms with Crippen LogP contribution in [-0.2, 0) is 24.7 Å². The van der Waals surface area contributed by atoms with Gasteiger partial charge in [-0.15, -0.1) is 0 Å². The van der Waals surface area contributed by atoms with Crippen molar-refractivity contribution in [3.63, 3.8) is 0 Å². The number of benzene rings is 1. The molecule has 0 unspecified atom stereocenters. The van der Waals surface area contributed by atoms with Crippen LogP contribution < -0.4 is 20.1 Å². The first kappa shape index (κ1) is 26.1. The number of alkyl carbamates (subject to hydrolysis) is 1. The first-order chi connectivity index (χ1) is 14.6. The highest BCUT2D eigenvalue weighted by atomic mass is 16.6.